The fraction of sp³-hybridized carbons (Fsp3) is 0.368. The van der Waals surface area contributed by atoms with Gasteiger partial charge in [-0.05, 0) is 30.5 Å². The molecule has 6 heteroatoms. The van der Waals surface area contributed by atoms with Gasteiger partial charge in [0.15, 0.2) is 17.8 Å². The van der Waals surface area contributed by atoms with Crippen LogP contribution in [-0.2, 0) is 0 Å². The van der Waals surface area contributed by atoms with E-state index in [4.69, 9.17) is 10.2 Å². The molecule has 0 spiro atoms. The van der Waals surface area contributed by atoms with E-state index in [-0.39, 0.29) is 6.04 Å². The van der Waals surface area contributed by atoms with Crippen LogP contribution in [0.4, 0.5) is 0 Å². The Bertz CT molecular complexity index is 865. The minimum absolute atomic E-state index is 0.277. The van der Waals surface area contributed by atoms with Crippen molar-refractivity contribution in [1.82, 2.24) is 15.0 Å². The van der Waals surface area contributed by atoms with Gasteiger partial charge in [-0.1, -0.05) is 27.7 Å². The first-order chi connectivity index (χ1) is 12.1. The number of fused-ring (bicyclic) bond motifs is 1. The molecule has 0 amide bonds. The SMILES string of the molecule is CC.CC(C)CC(N)c1nc(C#N)c2cc(-c3cnco3)ccc2n1. The van der Waals surface area contributed by atoms with E-state index in [9.17, 15) is 5.26 Å². The monoisotopic (exact) mass is 337 g/mol. The predicted octanol–water partition coefficient (Wildman–Crippen LogP) is 4.23. The summed E-state index contributed by atoms with van der Waals surface area (Å²) in [5.41, 5.74) is 8.02. The molecule has 0 saturated carbocycles. The van der Waals surface area contributed by atoms with Crippen molar-refractivity contribution in [2.75, 3.05) is 0 Å². The number of nitriles is 1. The number of hydrogen-bond acceptors (Lipinski definition) is 6. The van der Waals surface area contributed by atoms with Crippen molar-refractivity contribution in [3.63, 3.8) is 0 Å². The number of nitrogens with two attached hydrogens (primary N) is 1. The maximum atomic E-state index is 9.43. The van der Waals surface area contributed by atoms with Crippen LogP contribution in [0.1, 0.15) is 51.7 Å². The molecule has 0 bridgehead atoms. The van der Waals surface area contributed by atoms with E-state index in [0.717, 1.165) is 12.0 Å². The smallest absolute Gasteiger partial charge is 0.181 e. The topological polar surface area (TPSA) is 102 Å². The number of nitrogens with zero attached hydrogens (tertiary/aromatic N) is 4. The third-order valence-corrected chi connectivity index (χ3v) is 3.59. The second kappa shape index (κ2) is 8.36. The molecule has 1 aromatic carbocycles. The Morgan fingerprint density at radius 1 is 1.24 bits per heavy atom. The molecular formula is C19H23N5O. The Kier molecular flexibility index (Phi) is 6.20. The van der Waals surface area contributed by atoms with Crippen LogP contribution in [0.25, 0.3) is 22.2 Å². The molecule has 0 aliphatic heterocycles. The van der Waals surface area contributed by atoms with Crippen molar-refractivity contribution in [1.29, 1.82) is 5.26 Å². The highest BCUT2D eigenvalue weighted by molar-refractivity contribution is 5.87. The zero-order valence-corrected chi connectivity index (χ0v) is 15.0. The molecule has 2 aromatic heterocycles. The van der Waals surface area contributed by atoms with Gasteiger partial charge in [-0.3, -0.25) is 0 Å². The normalized spacial score (nSPS) is 11.7. The van der Waals surface area contributed by atoms with Gasteiger partial charge in [0.05, 0.1) is 17.8 Å². The fourth-order valence-electron chi connectivity index (χ4n) is 2.52. The molecule has 3 rings (SSSR count). The molecule has 0 aliphatic carbocycles. The number of hydrogen-bond donors (Lipinski definition) is 1. The average molecular weight is 337 g/mol. The lowest BCUT2D eigenvalue weighted by Gasteiger charge is -2.14. The summed E-state index contributed by atoms with van der Waals surface area (Å²) < 4.78 is 5.29. The molecule has 2 heterocycles. The molecule has 0 radical (unpaired) electrons. The van der Waals surface area contributed by atoms with E-state index in [1.165, 1.54) is 6.39 Å². The Labute approximate surface area is 147 Å². The summed E-state index contributed by atoms with van der Waals surface area (Å²) in [7, 11) is 0. The van der Waals surface area contributed by atoms with E-state index in [0.29, 0.717) is 34.1 Å². The number of benzene rings is 1. The lowest BCUT2D eigenvalue weighted by atomic mass is 10.0. The minimum Gasteiger partial charge on any atom is -0.444 e. The number of rotatable bonds is 4. The standard InChI is InChI=1S/C17H17N5O.C2H6/c1-10(2)5-13(19)17-21-14-4-3-11(16-8-20-9-23-16)6-12(14)15(7-18)22-17;1-2/h3-4,6,8-10,13H,5,19H2,1-2H3;1-2H3. The minimum atomic E-state index is -0.277. The van der Waals surface area contributed by atoms with Gasteiger partial charge in [0.2, 0.25) is 0 Å². The summed E-state index contributed by atoms with van der Waals surface area (Å²) in [6.45, 7) is 8.19. The first-order valence-corrected chi connectivity index (χ1v) is 8.44. The van der Waals surface area contributed by atoms with Crippen LogP contribution in [0.3, 0.4) is 0 Å². The zero-order valence-electron chi connectivity index (χ0n) is 15.0. The number of oxazole rings is 1. The van der Waals surface area contributed by atoms with Gasteiger partial charge >= 0.3 is 0 Å². The molecule has 0 fully saturated rings. The first-order valence-electron chi connectivity index (χ1n) is 8.44. The average Bonchev–Trinajstić information content (AvgIpc) is 3.16. The summed E-state index contributed by atoms with van der Waals surface area (Å²) in [6, 6.07) is 7.43. The van der Waals surface area contributed by atoms with Crippen molar-refractivity contribution < 1.29 is 4.42 Å². The van der Waals surface area contributed by atoms with Crippen molar-refractivity contribution in [3.05, 3.63) is 42.3 Å². The highest BCUT2D eigenvalue weighted by Crippen LogP contribution is 2.26. The molecule has 3 aromatic rings. The van der Waals surface area contributed by atoms with Crippen molar-refractivity contribution in [2.45, 2.75) is 40.2 Å². The maximum absolute atomic E-state index is 9.43. The summed E-state index contributed by atoms with van der Waals surface area (Å²) in [4.78, 5) is 12.8. The second-order valence-electron chi connectivity index (χ2n) is 5.88. The van der Waals surface area contributed by atoms with Gasteiger partial charge in [-0.2, -0.15) is 5.26 Å². The Hall–Kier alpha value is -2.78. The summed E-state index contributed by atoms with van der Waals surface area (Å²) in [6.07, 6.45) is 3.77. The summed E-state index contributed by atoms with van der Waals surface area (Å²) >= 11 is 0. The van der Waals surface area contributed by atoms with Crippen molar-refractivity contribution in [3.8, 4) is 17.4 Å². The third kappa shape index (κ3) is 4.20. The lowest BCUT2D eigenvalue weighted by Crippen LogP contribution is -2.17. The van der Waals surface area contributed by atoms with Gasteiger partial charge < -0.3 is 10.2 Å². The highest BCUT2D eigenvalue weighted by Gasteiger charge is 2.16. The Morgan fingerprint density at radius 3 is 2.60 bits per heavy atom. The van der Waals surface area contributed by atoms with E-state index in [1.54, 1.807) is 6.20 Å². The molecule has 1 unspecified atom stereocenters. The van der Waals surface area contributed by atoms with Crippen LogP contribution in [0, 0.1) is 17.2 Å². The molecule has 0 saturated heterocycles. The molecule has 6 nitrogen and oxygen atoms in total. The molecule has 25 heavy (non-hydrogen) atoms. The number of aromatic nitrogens is 3. The van der Waals surface area contributed by atoms with Crippen LogP contribution in [0.5, 0.6) is 0 Å². The van der Waals surface area contributed by atoms with Crippen LogP contribution in [0.2, 0.25) is 0 Å². The second-order valence-corrected chi connectivity index (χ2v) is 5.88. The molecule has 1 atom stereocenters. The highest BCUT2D eigenvalue weighted by atomic mass is 16.3. The van der Waals surface area contributed by atoms with Crippen LogP contribution < -0.4 is 5.73 Å². The van der Waals surface area contributed by atoms with Gasteiger partial charge in [0.25, 0.3) is 0 Å². The first kappa shape index (κ1) is 18.6. The molecule has 2 N–H and O–H groups in total. The van der Waals surface area contributed by atoms with Crippen LogP contribution in [-0.4, -0.2) is 15.0 Å². The van der Waals surface area contributed by atoms with Gasteiger partial charge in [-0.15, -0.1) is 0 Å². The zero-order chi connectivity index (χ0) is 18.4. The van der Waals surface area contributed by atoms with E-state index in [2.05, 4.69) is 34.9 Å². The van der Waals surface area contributed by atoms with Crippen LogP contribution >= 0.6 is 0 Å². The fourth-order valence-corrected chi connectivity index (χ4v) is 2.52. The van der Waals surface area contributed by atoms with Crippen LogP contribution in [0.15, 0.2) is 35.2 Å². The van der Waals surface area contributed by atoms with E-state index < -0.39 is 0 Å². The summed E-state index contributed by atoms with van der Waals surface area (Å²) in [5.74, 6) is 1.58. The van der Waals surface area contributed by atoms with E-state index >= 15 is 0 Å². The molecular weight excluding hydrogens is 314 g/mol. The van der Waals surface area contributed by atoms with Gasteiger partial charge in [0.1, 0.15) is 11.9 Å². The van der Waals surface area contributed by atoms with E-state index in [1.807, 2.05) is 32.0 Å². The largest absolute Gasteiger partial charge is 0.444 e. The molecule has 0 aliphatic rings. The summed E-state index contributed by atoms with van der Waals surface area (Å²) in [5, 5.41) is 10.1. The van der Waals surface area contributed by atoms with Crippen molar-refractivity contribution in [2.24, 2.45) is 11.7 Å². The Balaban J connectivity index is 0.00000109. The quantitative estimate of drug-likeness (QED) is 0.764. The van der Waals surface area contributed by atoms with Gasteiger partial charge in [-0.25, -0.2) is 15.0 Å². The van der Waals surface area contributed by atoms with Crippen molar-refractivity contribution >= 4 is 10.9 Å². The Morgan fingerprint density at radius 2 is 2.00 bits per heavy atom. The predicted molar refractivity (Wildman–Crippen MR) is 97.5 cm³/mol. The van der Waals surface area contributed by atoms with Gasteiger partial charge in [0, 0.05) is 10.9 Å². The lowest BCUT2D eigenvalue weighted by molar-refractivity contribution is 0.494. The molecule has 130 valence electrons. The third-order valence-electron chi connectivity index (χ3n) is 3.59. The maximum Gasteiger partial charge on any atom is 0.181 e.